The first-order valence-corrected chi connectivity index (χ1v) is 5.40. The van der Waals surface area contributed by atoms with Crippen molar-refractivity contribution in [2.45, 2.75) is 12.3 Å². The fourth-order valence-corrected chi connectivity index (χ4v) is 2.28. The Kier molecular flexibility index (Phi) is 2.58. The van der Waals surface area contributed by atoms with Crippen LogP contribution in [0.3, 0.4) is 0 Å². The second-order valence-corrected chi connectivity index (χ2v) is 4.61. The number of aromatic nitrogens is 1. The zero-order valence-electron chi connectivity index (χ0n) is 7.00. The van der Waals surface area contributed by atoms with Crippen molar-refractivity contribution in [3.05, 3.63) is 27.5 Å². The van der Waals surface area contributed by atoms with Crippen LogP contribution >= 0.6 is 27.5 Å². The molecule has 0 unspecified atom stereocenters. The van der Waals surface area contributed by atoms with Gasteiger partial charge in [-0.05, 0) is 52.4 Å². The summed E-state index contributed by atoms with van der Waals surface area (Å²) in [6, 6.07) is 1.92. The van der Waals surface area contributed by atoms with Crippen LogP contribution in [-0.4, -0.2) is 11.5 Å². The molecule has 0 spiro atoms. The van der Waals surface area contributed by atoms with Gasteiger partial charge in [0.25, 0.3) is 0 Å². The van der Waals surface area contributed by atoms with E-state index in [1.807, 2.05) is 6.07 Å². The summed E-state index contributed by atoms with van der Waals surface area (Å²) in [6.45, 7) is 0.761. The second-order valence-electron chi connectivity index (χ2n) is 3.37. The minimum atomic E-state index is 0.556. The van der Waals surface area contributed by atoms with E-state index in [1.54, 1.807) is 6.20 Å². The Morgan fingerprint density at radius 1 is 1.69 bits per heavy atom. The molecule has 2 atom stereocenters. The first-order chi connectivity index (χ1) is 6.22. The summed E-state index contributed by atoms with van der Waals surface area (Å²) in [4.78, 5) is 3.99. The van der Waals surface area contributed by atoms with Gasteiger partial charge in [0.2, 0.25) is 0 Å². The number of hydrogen-bond donors (Lipinski definition) is 1. The third-order valence-corrected chi connectivity index (χ3v) is 3.35. The van der Waals surface area contributed by atoms with Crippen LogP contribution in [0.15, 0.2) is 16.7 Å². The highest BCUT2D eigenvalue weighted by atomic mass is 79.9. The molecule has 0 saturated heterocycles. The van der Waals surface area contributed by atoms with Crippen molar-refractivity contribution in [1.29, 1.82) is 0 Å². The van der Waals surface area contributed by atoms with E-state index in [2.05, 4.69) is 20.9 Å². The molecule has 1 aromatic heterocycles. The van der Waals surface area contributed by atoms with Crippen LogP contribution in [-0.2, 0) is 0 Å². The second kappa shape index (κ2) is 3.56. The third-order valence-electron chi connectivity index (χ3n) is 2.48. The number of pyridine rings is 1. The normalized spacial score (nSPS) is 26.1. The van der Waals surface area contributed by atoms with Gasteiger partial charge in [-0.3, -0.25) is 0 Å². The fraction of sp³-hybridized carbons (Fsp3) is 0.444. The Bertz CT molecular complexity index is 329. The van der Waals surface area contributed by atoms with Gasteiger partial charge in [-0.1, -0.05) is 11.6 Å². The predicted octanol–water partition coefficient (Wildman–Crippen LogP) is 2.56. The molecule has 1 saturated carbocycles. The van der Waals surface area contributed by atoms with Crippen LogP contribution in [0.1, 0.15) is 17.9 Å². The average molecular weight is 262 g/mol. The Labute approximate surface area is 90.6 Å². The predicted molar refractivity (Wildman–Crippen MR) is 56.8 cm³/mol. The van der Waals surface area contributed by atoms with E-state index in [-0.39, 0.29) is 0 Å². The van der Waals surface area contributed by atoms with Crippen molar-refractivity contribution in [3.8, 4) is 0 Å². The van der Waals surface area contributed by atoms with E-state index in [9.17, 15) is 0 Å². The smallest absolute Gasteiger partial charge is 0.129 e. The summed E-state index contributed by atoms with van der Waals surface area (Å²) in [5.41, 5.74) is 6.83. The van der Waals surface area contributed by atoms with Crippen LogP contribution in [0.2, 0.25) is 5.15 Å². The monoisotopic (exact) mass is 260 g/mol. The standard InChI is InChI=1S/C9H10BrClN2/c10-8-4-13-9(11)2-7(8)6-1-5(6)3-12/h2,4-6H,1,3,12H2/t5-,6+/m0/s1. The molecular formula is C9H10BrClN2. The highest BCUT2D eigenvalue weighted by molar-refractivity contribution is 9.10. The summed E-state index contributed by atoms with van der Waals surface area (Å²) in [5, 5.41) is 0.556. The molecule has 1 aliphatic carbocycles. The van der Waals surface area contributed by atoms with Gasteiger partial charge in [-0.25, -0.2) is 4.98 Å². The number of nitrogens with zero attached hydrogens (tertiary/aromatic N) is 1. The minimum Gasteiger partial charge on any atom is -0.330 e. The molecule has 1 aliphatic rings. The van der Waals surface area contributed by atoms with Crippen molar-refractivity contribution in [1.82, 2.24) is 4.98 Å². The van der Waals surface area contributed by atoms with Crippen molar-refractivity contribution < 1.29 is 0 Å². The maximum absolute atomic E-state index is 5.82. The zero-order chi connectivity index (χ0) is 9.42. The van der Waals surface area contributed by atoms with E-state index in [0.29, 0.717) is 17.0 Å². The lowest BCUT2D eigenvalue weighted by atomic mass is 10.1. The van der Waals surface area contributed by atoms with Gasteiger partial charge < -0.3 is 5.73 Å². The molecule has 2 rings (SSSR count). The van der Waals surface area contributed by atoms with Crippen LogP contribution in [0.4, 0.5) is 0 Å². The molecule has 70 valence electrons. The van der Waals surface area contributed by atoms with Gasteiger partial charge in [-0.2, -0.15) is 0 Å². The number of halogens is 2. The first-order valence-electron chi connectivity index (χ1n) is 4.23. The van der Waals surface area contributed by atoms with Crippen molar-refractivity contribution in [2.24, 2.45) is 11.7 Å². The van der Waals surface area contributed by atoms with Gasteiger partial charge in [0.05, 0.1) is 0 Å². The average Bonchev–Trinajstić information content (AvgIpc) is 2.88. The topological polar surface area (TPSA) is 38.9 Å². The summed E-state index contributed by atoms with van der Waals surface area (Å²) >= 11 is 9.28. The molecular weight excluding hydrogens is 251 g/mol. The molecule has 13 heavy (non-hydrogen) atoms. The van der Waals surface area contributed by atoms with Crippen LogP contribution in [0, 0.1) is 5.92 Å². The van der Waals surface area contributed by atoms with Crippen molar-refractivity contribution >= 4 is 27.5 Å². The fourth-order valence-electron chi connectivity index (χ4n) is 1.60. The molecule has 2 nitrogen and oxygen atoms in total. The van der Waals surface area contributed by atoms with E-state index in [0.717, 1.165) is 11.0 Å². The molecule has 1 aromatic rings. The molecule has 0 aliphatic heterocycles. The molecule has 0 radical (unpaired) electrons. The molecule has 0 bridgehead atoms. The molecule has 0 amide bonds. The quantitative estimate of drug-likeness (QED) is 0.831. The van der Waals surface area contributed by atoms with Gasteiger partial charge in [0.15, 0.2) is 0 Å². The van der Waals surface area contributed by atoms with Crippen molar-refractivity contribution in [2.75, 3.05) is 6.54 Å². The lowest BCUT2D eigenvalue weighted by Crippen LogP contribution is -2.02. The Hall–Kier alpha value is -0.120. The Morgan fingerprint density at radius 3 is 3.08 bits per heavy atom. The van der Waals surface area contributed by atoms with E-state index in [1.165, 1.54) is 12.0 Å². The van der Waals surface area contributed by atoms with E-state index >= 15 is 0 Å². The molecule has 1 fully saturated rings. The maximum atomic E-state index is 5.82. The summed E-state index contributed by atoms with van der Waals surface area (Å²) in [5.74, 6) is 1.22. The maximum Gasteiger partial charge on any atom is 0.129 e. The van der Waals surface area contributed by atoms with Crippen LogP contribution in [0.25, 0.3) is 0 Å². The summed E-state index contributed by atoms with van der Waals surface area (Å²) in [7, 11) is 0. The lowest BCUT2D eigenvalue weighted by molar-refractivity contribution is 0.807. The van der Waals surface area contributed by atoms with Gasteiger partial charge in [0.1, 0.15) is 5.15 Å². The van der Waals surface area contributed by atoms with Crippen LogP contribution in [0.5, 0.6) is 0 Å². The summed E-state index contributed by atoms with van der Waals surface area (Å²) < 4.78 is 1.04. The molecule has 2 N–H and O–H groups in total. The molecule has 4 heteroatoms. The number of hydrogen-bond acceptors (Lipinski definition) is 2. The summed E-state index contributed by atoms with van der Waals surface area (Å²) in [6.07, 6.45) is 2.93. The minimum absolute atomic E-state index is 0.556. The number of nitrogens with two attached hydrogens (primary N) is 1. The zero-order valence-corrected chi connectivity index (χ0v) is 9.35. The van der Waals surface area contributed by atoms with E-state index < -0.39 is 0 Å². The van der Waals surface area contributed by atoms with Crippen molar-refractivity contribution in [3.63, 3.8) is 0 Å². The molecule has 1 heterocycles. The Morgan fingerprint density at radius 2 is 2.46 bits per heavy atom. The largest absolute Gasteiger partial charge is 0.330 e. The number of rotatable bonds is 2. The SMILES string of the molecule is NC[C@@H]1C[C@H]1c1cc(Cl)ncc1Br. The Balaban J connectivity index is 2.25. The highest BCUT2D eigenvalue weighted by Crippen LogP contribution is 2.49. The van der Waals surface area contributed by atoms with Gasteiger partial charge in [0, 0.05) is 10.7 Å². The first kappa shape index (κ1) is 9.44. The van der Waals surface area contributed by atoms with Gasteiger partial charge in [-0.15, -0.1) is 0 Å². The van der Waals surface area contributed by atoms with Gasteiger partial charge >= 0.3 is 0 Å². The van der Waals surface area contributed by atoms with Crippen LogP contribution < -0.4 is 5.73 Å². The lowest BCUT2D eigenvalue weighted by Gasteiger charge is -2.02. The highest BCUT2D eigenvalue weighted by Gasteiger charge is 2.38. The molecule has 0 aromatic carbocycles. The third kappa shape index (κ3) is 1.87. The van der Waals surface area contributed by atoms with E-state index in [4.69, 9.17) is 17.3 Å².